The Morgan fingerprint density at radius 2 is 2.17 bits per heavy atom. The third-order valence-corrected chi connectivity index (χ3v) is 3.88. The Hall–Kier alpha value is -0.900. The Morgan fingerprint density at radius 1 is 1.22 bits per heavy atom. The molecule has 0 aliphatic carbocycles. The Morgan fingerprint density at radius 3 is 3.06 bits per heavy atom. The molecule has 0 bridgehead atoms. The van der Waals surface area contributed by atoms with Gasteiger partial charge in [0, 0.05) is 32.8 Å². The summed E-state index contributed by atoms with van der Waals surface area (Å²) >= 11 is 0. The molecule has 3 heteroatoms. The molecular formula is C15H22N2O. The molecular weight excluding hydrogens is 224 g/mol. The van der Waals surface area contributed by atoms with Crippen molar-refractivity contribution in [1.29, 1.82) is 0 Å². The molecule has 1 saturated heterocycles. The van der Waals surface area contributed by atoms with Gasteiger partial charge in [-0.15, -0.1) is 0 Å². The van der Waals surface area contributed by atoms with Crippen LogP contribution in [-0.2, 0) is 24.4 Å². The molecule has 0 spiro atoms. The van der Waals surface area contributed by atoms with Crippen LogP contribution < -0.4 is 10.6 Å². The monoisotopic (exact) mass is 246 g/mol. The maximum atomic E-state index is 5.72. The highest BCUT2D eigenvalue weighted by molar-refractivity contribution is 5.34. The maximum Gasteiger partial charge on any atom is 0.0699 e. The molecule has 0 radical (unpaired) electrons. The predicted molar refractivity (Wildman–Crippen MR) is 72.3 cm³/mol. The fraction of sp³-hybridized carbons (Fsp3) is 0.600. The van der Waals surface area contributed by atoms with Gasteiger partial charge in [-0.3, -0.25) is 0 Å². The highest BCUT2D eigenvalue weighted by atomic mass is 16.5. The highest BCUT2D eigenvalue weighted by Gasteiger charge is 2.13. The summed E-state index contributed by atoms with van der Waals surface area (Å²) in [4.78, 5) is 0. The molecule has 0 amide bonds. The molecule has 18 heavy (non-hydrogen) atoms. The van der Waals surface area contributed by atoms with Crippen LogP contribution in [0.4, 0.5) is 0 Å². The first-order valence-electron chi connectivity index (χ1n) is 7.05. The number of hydrogen-bond donors (Lipinski definition) is 2. The van der Waals surface area contributed by atoms with Crippen molar-refractivity contribution in [3.05, 3.63) is 34.9 Å². The Balaban J connectivity index is 1.48. The molecule has 1 fully saturated rings. The van der Waals surface area contributed by atoms with Crippen molar-refractivity contribution in [3.63, 3.8) is 0 Å². The summed E-state index contributed by atoms with van der Waals surface area (Å²) in [5.74, 6) is 0. The van der Waals surface area contributed by atoms with E-state index >= 15 is 0 Å². The topological polar surface area (TPSA) is 33.3 Å². The molecule has 1 aromatic carbocycles. The van der Waals surface area contributed by atoms with Crippen LogP contribution in [-0.4, -0.2) is 19.3 Å². The van der Waals surface area contributed by atoms with Crippen LogP contribution in [0.15, 0.2) is 18.2 Å². The van der Waals surface area contributed by atoms with E-state index in [1.165, 1.54) is 36.0 Å². The third kappa shape index (κ3) is 2.91. The van der Waals surface area contributed by atoms with Crippen LogP contribution in [0.25, 0.3) is 0 Å². The molecule has 1 aromatic rings. The minimum absolute atomic E-state index is 0.426. The van der Waals surface area contributed by atoms with Gasteiger partial charge in [-0.25, -0.2) is 0 Å². The van der Waals surface area contributed by atoms with Crippen molar-refractivity contribution in [1.82, 2.24) is 10.6 Å². The molecule has 1 atom stereocenters. The summed E-state index contributed by atoms with van der Waals surface area (Å²) in [7, 11) is 0. The average Bonchev–Trinajstić information content (AvgIpc) is 2.87. The molecule has 2 aliphatic rings. The van der Waals surface area contributed by atoms with Crippen molar-refractivity contribution in [2.75, 3.05) is 13.2 Å². The summed E-state index contributed by atoms with van der Waals surface area (Å²) in [6.45, 7) is 4.92. The number of fused-ring (bicyclic) bond motifs is 1. The molecule has 3 nitrogen and oxygen atoms in total. The third-order valence-electron chi connectivity index (χ3n) is 3.88. The molecule has 0 saturated carbocycles. The first kappa shape index (κ1) is 12.2. The normalized spacial score (nSPS) is 23.0. The summed E-state index contributed by atoms with van der Waals surface area (Å²) in [5, 5.41) is 6.90. The van der Waals surface area contributed by atoms with E-state index in [-0.39, 0.29) is 0 Å². The molecule has 2 N–H and O–H groups in total. The van der Waals surface area contributed by atoms with E-state index in [0.29, 0.717) is 6.10 Å². The maximum absolute atomic E-state index is 5.72. The second-order valence-corrected chi connectivity index (χ2v) is 5.33. The van der Waals surface area contributed by atoms with Crippen molar-refractivity contribution < 1.29 is 4.74 Å². The predicted octanol–water partition coefficient (Wildman–Crippen LogP) is 1.95. The number of ether oxygens (including phenoxy) is 1. The quantitative estimate of drug-likeness (QED) is 0.852. The van der Waals surface area contributed by atoms with Gasteiger partial charge in [0.2, 0.25) is 0 Å². The van der Waals surface area contributed by atoms with Gasteiger partial charge in [0.1, 0.15) is 0 Å². The van der Waals surface area contributed by atoms with Gasteiger partial charge in [-0.05, 0) is 36.0 Å². The molecule has 0 aromatic heterocycles. The lowest BCUT2D eigenvalue weighted by Gasteiger charge is -2.22. The summed E-state index contributed by atoms with van der Waals surface area (Å²) in [6.07, 6.45) is 4.18. The smallest absolute Gasteiger partial charge is 0.0699 e. The van der Waals surface area contributed by atoms with Gasteiger partial charge in [-0.2, -0.15) is 0 Å². The van der Waals surface area contributed by atoms with Crippen molar-refractivity contribution in [3.8, 4) is 0 Å². The lowest BCUT2D eigenvalue weighted by molar-refractivity contribution is 0.0168. The van der Waals surface area contributed by atoms with E-state index < -0.39 is 0 Å². The van der Waals surface area contributed by atoms with E-state index in [9.17, 15) is 0 Å². The van der Waals surface area contributed by atoms with Gasteiger partial charge >= 0.3 is 0 Å². The first-order chi connectivity index (χ1) is 8.92. The van der Waals surface area contributed by atoms with Crippen molar-refractivity contribution in [2.45, 2.75) is 45.0 Å². The van der Waals surface area contributed by atoms with Crippen molar-refractivity contribution in [2.24, 2.45) is 0 Å². The summed E-state index contributed by atoms with van der Waals surface area (Å²) < 4.78 is 5.72. The minimum Gasteiger partial charge on any atom is -0.377 e. The van der Waals surface area contributed by atoms with Crippen LogP contribution in [0.5, 0.6) is 0 Å². The molecule has 3 rings (SSSR count). The fourth-order valence-corrected chi connectivity index (χ4v) is 2.80. The lowest BCUT2D eigenvalue weighted by Crippen LogP contribution is -2.31. The van der Waals surface area contributed by atoms with Gasteiger partial charge in [0.15, 0.2) is 0 Å². The average molecular weight is 246 g/mol. The number of rotatable bonds is 4. The van der Waals surface area contributed by atoms with E-state index in [0.717, 1.165) is 32.8 Å². The van der Waals surface area contributed by atoms with Crippen LogP contribution in [0.1, 0.15) is 36.0 Å². The standard InChI is InChI=1S/C15H22N2O/c1-2-6-18-15(3-1)11-16-8-12-4-5-13-9-17-10-14(13)7-12/h4-5,7,15-17H,1-3,6,8-11H2. The number of benzene rings is 1. The van der Waals surface area contributed by atoms with Gasteiger partial charge in [-0.1, -0.05) is 18.2 Å². The van der Waals surface area contributed by atoms with Crippen LogP contribution >= 0.6 is 0 Å². The lowest BCUT2D eigenvalue weighted by atomic mass is 10.1. The zero-order chi connectivity index (χ0) is 12.2. The first-order valence-corrected chi connectivity index (χ1v) is 7.05. The van der Waals surface area contributed by atoms with E-state index in [1.54, 1.807) is 0 Å². The summed E-state index contributed by atoms with van der Waals surface area (Å²) in [5.41, 5.74) is 4.30. The minimum atomic E-state index is 0.426. The van der Waals surface area contributed by atoms with Crippen LogP contribution in [0.2, 0.25) is 0 Å². The van der Waals surface area contributed by atoms with Crippen molar-refractivity contribution >= 4 is 0 Å². The zero-order valence-electron chi connectivity index (χ0n) is 10.9. The Bertz CT molecular complexity index is 399. The van der Waals surface area contributed by atoms with E-state index in [2.05, 4.69) is 28.8 Å². The molecule has 2 aliphatic heterocycles. The fourth-order valence-electron chi connectivity index (χ4n) is 2.80. The van der Waals surface area contributed by atoms with Crippen LogP contribution in [0, 0.1) is 0 Å². The van der Waals surface area contributed by atoms with Crippen LogP contribution in [0.3, 0.4) is 0 Å². The van der Waals surface area contributed by atoms with E-state index in [4.69, 9.17) is 4.74 Å². The van der Waals surface area contributed by atoms with E-state index in [1.807, 2.05) is 0 Å². The van der Waals surface area contributed by atoms with Gasteiger partial charge < -0.3 is 15.4 Å². The largest absolute Gasteiger partial charge is 0.377 e. The molecule has 2 heterocycles. The van der Waals surface area contributed by atoms with Gasteiger partial charge in [0.05, 0.1) is 6.10 Å². The highest BCUT2D eigenvalue weighted by Crippen LogP contribution is 2.17. The molecule has 98 valence electrons. The summed E-state index contributed by atoms with van der Waals surface area (Å²) in [6, 6.07) is 6.81. The second kappa shape index (κ2) is 5.83. The number of hydrogen-bond acceptors (Lipinski definition) is 3. The Kier molecular flexibility index (Phi) is 3.93. The second-order valence-electron chi connectivity index (χ2n) is 5.33. The zero-order valence-corrected chi connectivity index (χ0v) is 10.9. The SMILES string of the molecule is c1cc2c(cc1CNCC1CCCCO1)CNC2. The molecule has 1 unspecified atom stereocenters. The number of nitrogens with one attached hydrogen (secondary N) is 2. The Labute approximate surface area is 109 Å². The van der Waals surface area contributed by atoms with Gasteiger partial charge in [0.25, 0.3) is 0 Å².